The van der Waals surface area contributed by atoms with Crippen LogP contribution in [0.2, 0.25) is 0 Å². The number of nitrogens with one attached hydrogen (secondary N) is 1. The van der Waals surface area contributed by atoms with E-state index in [0.717, 1.165) is 19.3 Å². The maximum absolute atomic E-state index is 12.1. The van der Waals surface area contributed by atoms with Crippen LogP contribution in [0, 0.1) is 11.3 Å². The van der Waals surface area contributed by atoms with Gasteiger partial charge in [0.2, 0.25) is 5.91 Å². The Balaban J connectivity index is 1.83. The van der Waals surface area contributed by atoms with Crippen LogP contribution in [0.3, 0.4) is 0 Å². The van der Waals surface area contributed by atoms with Gasteiger partial charge in [-0.25, -0.2) is 0 Å². The minimum atomic E-state index is 0.220. The summed E-state index contributed by atoms with van der Waals surface area (Å²) < 4.78 is 0. The molecule has 2 aliphatic rings. The molecular formula is C15H28N2O. The lowest BCUT2D eigenvalue weighted by molar-refractivity contribution is -0.124. The van der Waals surface area contributed by atoms with Gasteiger partial charge in [0.05, 0.1) is 0 Å². The average molecular weight is 252 g/mol. The molecule has 2 rings (SSSR count). The predicted octanol–water partition coefficient (Wildman–Crippen LogP) is 2.59. The smallest absolute Gasteiger partial charge is 0.220 e. The van der Waals surface area contributed by atoms with Gasteiger partial charge in [0.1, 0.15) is 0 Å². The largest absolute Gasteiger partial charge is 0.353 e. The van der Waals surface area contributed by atoms with Crippen molar-refractivity contribution in [3.63, 3.8) is 0 Å². The Hall–Kier alpha value is -0.570. The van der Waals surface area contributed by atoms with Crippen LogP contribution in [0.4, 0.5) is 0 Å². The fourth-order valence-electron chi connectivity index (χ4n) is 3.57. The van der Waals surface area contributed by atoms with E-state index in [4.69, 9.17) is 5.73 Å². The number of nitrogens with two attached hydrogens (primary N) is 1. The Morgan fingerprint density at radius 1 is 1.22 bits per heavy atom. The van der Waals surface area contributed by atoms with E-state index in [-0.39, 0.29) is 17.4 Å². The zero-order valence-corrected chi connectivity index (χ0v) is 11.9. The molecular weight excluding hydrogens is 224 g/mol. The Labute approximate surface area is 111 Å². The SMILES string of the molecule is CC1(C)CCCCC1NC(=O)C[C@@H]1CCC[C@H]1N. The van der Waals surface area contributed by atoms with E-state index in [0.29, 0.717) is 18.4 Å². The molecule has 2 fully saturated rings. The number of carbonyl (C=O) groups is 1. The van der Waals surface area contributed by atoms with Crippen molar-refractivity contribution in [1.82, 2.24) is 5.32 Å². The van der Waals surface area contributed by atoms with Gasteiger partial charge in [-0.1, -0.05) is 33.1 Å². The van der Waals surface area contributed by atoms with Crippen molar-refractivity contribution in [2.45, 2.75) is 77.3 Å². The first-order chi connectivity index (χ1) is 8.49. The molecule has 0 aromatic carbocycles. The van der Waals surface area contributed by atoms with Crippen molar-refractivity contribution in [3.8, 4) is 0 Å². The van der Waals surface area contributed by atoms with Crippen molar-refractivity contribution >= 4 is 5.91 Å². The molecule has 18 heavy (non-hydrogen) atoms. The zero-order valence-electron chi connectivity index (χ0n) is 11.9. The van der Waals surface area contributed by atoms with E-state index in [1.165, 1.54) is 25.7 Å². The van der Waals surface area contributed by atoms with Crippen LogP contribution >= 0.6 is 0 Å². The third-order valence-corrected chi connectivity index (χ3v) is 5.01. The molecule has 2 saturated carbocycles. The van der Waals surface area contributed by atoms with Crippen molar-refractivity contribution in [3.05, 3.63) is 0 Å². The molecule has 0 radical (unpaired) electrons. The second kappa shape index (κ2) is 5.60. The summed E-state index contributed by atoms with van der Waals surface area (Å²) in [5.41, 5.74) is 6.29. The highest BCUT2D eigenvalue weighted by Crippen LogP contribution is 2.35. The van der Waals surface area contributed by atoms with E-state index in [9.17, 15) is 4.79 Å². The molecule has 3 atom stereocenters. The fourth-order valence-corrected chi connectivity index (χ4v) is 3.57. The van der Waals surface area contributed by atoms with Gasteiger partial charge in [-0.2, -0.15) is 0 Å². The highest BCUT2D eigenvalue weighted by atomic mass is 16.1. The normalized spacial score (nSPS) is 35.4. The fraction of sp³-hybridized carbons (Fsp3) is 0.933. The van der Waals surface area contributed by atoms with Crippen molar-refractivity contribution < 1.29 is 4.79 Å². The molecule has 0 aromatic heterocycles. The number of amides is 1. The van der Waals surface area contributed by atoms with E-state index in [2.05, 4.69) is 19.2 Å². The van der Waals surface area contributed by atoms with Crippen LogP contribution in [-0.2, 0) is 4.79 Å². The quantitative estimate of drug-likeness (QED) is 0.811. The average Bonchev–Trinajstić information content (AvgIpc) is 2.67. The summed E-state index contributed by atoms with van der Waals surface area (Å²) in [5.74, 6) is 0.633. The van der Waals surface area contributed by atoms with Gasteiger partial charge in [0.25, 0.3) is 0 Å². The van der Waals surface area contributed by atoms with Crippen LogP contribution in [0.5, 0.6) is 0 Å². The maximum atomic E-state index is 12.1. The first kappa shape index (κ1) is 13.9. The molecule has 0 aromatic rings. The molecule has 3 heteroatoms. The second-order valence-electron chi connectivity index (χ2n) is 6.91. The van der Waals surface area contributed by atoms with E-state index >= 15 is 0 Å². The molecule has 0 saturated heterocycles. The summed E-state index contributed by atoms with van der Waals surface area (Å²) in [7, 11) is 0. The minimum absolute atomic E-state index is 0.220. The monoisotopic (exact) mass is 252 g/mol. The van der Waals surface area contributed by atoms with Crippen LogP contribution in [0.15, 0.2) is 0 Å². The highest BCUT2D eigenvalue weighted by molar-refractivity contribution is 5.76. The molecule has 104 valence electrons. The zero-order chi connectivity index (χ0) is 13.2. The molecule has 1 unspecified atom stereocenters. The lowest BCUT2D eigenvalue weighted by atomic mass is 9.73. The summed E-state index contributed by atoms with van der Waals surface area (Å²) >= 11 is 0. The number of hydrogen-bond donors (Lipinski definition) is 2. The molecule has 3 nitrogen and oxygen atoms in total. The summed E-state index contributed by atoms with van der Waals surface area (Å²) in [6, 6.07) is 0.603. The Kier molecular flexibility index (Phi) is 4.31. The van der Waals surface area contributed by atoms with Crippen molar-refractivity contribution in [2.24, 2.45) is 17.1 Å². The van der Waals surface area contributed by atoms with Gasteiger partial charge in [-0.15, -0.1) is 0 Å². The third-order valence-electron chi connectivity index (χ3n) is 5.01. The Bertz CT molecular complexity index is 301. The van der Waals surface area contributed by atoms with Gasteiger partial charge in [-0.3, -0.25) is 4.79 Å². The Morgan fingerprint density at radius 2 is 2.00 bits per heavy atom. The molecule has 0 aliphatic heterocycles. The van der Waals surface area contributed by atoms with Crippen molar-refractivity contribution in [1.29, 1.82) is 0 Å². The van der Waals surface area contributed by atoms with Crippen LogP contribution in [0.25, 0.3) is 0 Å². The highest BCUT2D eigenvalue weighted by Gasteiger charge is 2.34. The summed E-state index contributed by atoms with van der Waals surface area (Å²) in [6.07, 6.45) is 8.94. The Morgan fingerprint density at radius 3 is 2.61 bits per heavy atom. The molecule has 3 N–H and O–H groups in total. The summed E-state index contributed by atoms with van der Waals surface area (Å²) in [6.45, 7) is 4.55. The summed E-state index contributed by atoms with van der Waals surface area (Å²) in [4.78, 5) is 12.1. The molecule has 0 heterocycles. The van der Waals surface area contributed by atoms with E-state index < -0.39 is 0 Å². The van der Waals surface area contributed by atoms with Gasteiger partial charge >= 0.3 is 0 Å². The standard InChI is InChI=1S/C15H28N2O/c1-15(2)9-4-3-8-13(15)17-14(18)10-11-6-5-7-12(11)16/h11-13H,3-10,16H2,1-2H3,(H,17,18)/t11-,12+,13?/m0/s1. The van der Waals surface area contributed by atoms with Gasteiger partial charge in [0, 0.05) is 18.5 Å². The minimum Gasteiger partial charge on any atom is -0.353 e. The molecule has 1 amide bonds. The first-order valence-corrected chi connectivity index (χ1v) is 7.54. The third kappa shape index (κ3) is 3.25. The molecule has 2 aliphatic carbocycles. The van der Waals surface area contributed by atoms with E-state index in [1.54, 1.807) is 0 Å². The van der Waals surface area contributed by atoms with Crippen molar-refractivity contribution in [2.75, 3.05) is 0 Å². The number of carbonyl (C=O) groups excluding carboxylic acids is 1. The maximum Gasteiger partial charge on any atom is 0.220 e. The predicted molar refractivity (Wildman–Crippen MR) is 74.1 cm³/mol. The van der Waals surface area contributed by atoms with E-state index in [1.807, 2.05) is 0 Å². The van der Waals surface area contributed by atoms with Crippen LogP contribution in [0.1, 0.15) is 65.2 Å². The summed E-state index contributed by atoms with van der Waals surface area (Å²) in [5, 5.41) is 3.26. The topological polar surface area (TPSA) is 55.1 Å². The van der Waals surface area contributed by atoms with Crippen LogP contribution < -0.4 is 11.1 Å². The van der Waals surface area contributed by atoms with Gasteiger partial charge < -0.3 is 11.1 Å². The lowest BCUT2D eigenvalue weighted by Crippen LogP contribution is -2.47. The first-order valence-electron chi connectivity index (χ1n) is 7.54. The number of hydrogen-bond acceptors (Lipinski definition) is 2. The van der Waals surface area contributed by atoms with Crippen LogP contribution in [-0.4, -0.2) is 18.0 Å². The number of rotatable bonds is 3. The molecule has 0 spiro atoms. The molecule has 0 bridgehead atoms. The van der Waals surface area contributed by atoms with Gasteiger partial charge in [0.15, 0.2) is 0 Å². The lowest BCUT2D eigenvalue weighted by Gasteiger charge is -2.39. The second-order valence-corrected chi connectivity index (χ2v) is 6.91. The van der Waals surface area contributed by atoms with Gasteiger partial charge in [-0.05, 0) is 37.0 Å².